The Hall–Kier alpha value is -3.94. The Labute approximate surface area is 194 Å². The average Bonchev–Trinajstić information content (AvgIpc) is 2.88. The molecule has 1 fully saturated rings. The molecule has 0 amide bonds. The van der Waals surface area contributed by atoms with Gasteiger partial charge in [-0.1, -0.05) is 48.5 Å². The number of benzene rings is 3. The van der Waals surface area contributed by atoms with Crippen molar-refractivity contribution in [2.45, 2.75) is 6.18 Å². The molecular formula is C26H21F3N4O. The lowest BCUT2D eigenvalue weighted by molar-refractivity contribution is -0.137. The van der Waals surface area contributed by atoms with E-state index in [2.05, 4.69) is 14.9 Å². The van der Waals surface area contributed by atoms with E-state index < -0.39 is 11.7 Å². The van der Waals surface area contributed by atoms with Crippen molar-refractivity contribution in [1.82, 2.24) is 9.97 Å². The van der Waals surface area contributed by atoms with Gasteiger partial charge in [0.2, 0.25) is 5.78 Å². The van der Waals surface area contributed by atoms with Gasteiger partial charge in [0, 0.05) is 37.4 Å². The zero-order chi connectivity index (χ0) is 23.7. The topological polar surface area (TPSA) is 49.3 Å². The van der Waals surface area contributed by atoms with Crippen LogP contribution in [-0.4, -0.2) is 41.9 Å². The molecule has 0 aliphatic carbocycles. The van der Waals surface area contributed by atoms with Crippen LogP contribution >= 0.6 is 0 Å². The highest BCUT2D eigenvalue weighted by Crippen LogP contribution is 2.32. The van der Waals surface area contributed by atoms with E-state index >= 15 is 0 Å². The summed E-state index contributed by atoms with van der Waals surface area (Å²) in [4.78, 5) is 26.5. The van der Waals surface area contributed by atoms with Crippen LogP contribution in [0.3, 0.4) is 0 Å². The number of alkyl halides is 3. The number of para-hydroxylation sites is 1. The molecule has 0 spiro atoms. The molecule has 172 valence electrons. The molecule has 0 unspecified atom stereocenters. The maximum atomic E-state index is 13.3. The minimum atomic E-state index is -4.49. The monoisotopic (exact) mass is 462 g/mol. The molecule has 3 aromatic carbocycles. The summed E-state index contributed by atoms with van der Waals surface area (Å²) >= 11 is 0. The van der Waals surface area contributed by atoms with Crippen LogP contribution in [0, 0.1) is 0 Å². The highest BCUT2D eigenvalue weighted by atomic mass is 19.4. The second-order valence-corrected chi connectivity index (χ2v) is 8.10. The van der Waals surface area contributed by atoms with Crippen LogP contribution < -0.4 is 9.80 Å². The number of fused-ring (bicyclic) bond motifs is 1. The van der Waals surface area contributed by atoms with Gasteiger partial charge in [-0.15, -0.1) is 0 Å². The largest absolute Gasteiger partial charge is 0.416 e. The van der Waals surface area contributed by atoms with E-state index in [0.717, 1.165) is 17.8 Å². The number of halogens is 3. The number of ketones is 1. The summed E-state index contributed by atoms with van der Waals surface area (Å²) < 4.78 is 39.9. The number of carbonyl (C=O) groups excluding carboxylic acids is 1. The summed E-state index contributed by atoms with van der Waals surface area (Å²) in [5.41, 5.74) is 1.26. The van der Waals surface area contributed by atoms with Gasteiger partial charge < -0.3 is 9.80 Å². The van der Waals surface area contributed by atoms with Gasteiger partial charge in [0.25, 0.3) is 0 Å². The van der Waals surface area contributed by atoms with Gasteiger partial charge in [0.15, 0.2) is 11.5 Å². The van der Waals surface area contributed by atoms with Gasteiger partial charge in [-0.3, -0.25) is 4.79 Å². The molecule has 4 aromatic rings. The molecule has 2 heterocycles. The maximum Gasteiger partial charge on any atom is 0.416 e. The first-order valence-electron chi connectivity index (χ1n) is 10.9. The molecule has 0 saturated carbocycles. The summed E-state index contributed by atoms with van der Waals surface area (Å²) in [6, 6.07) is 21.9. The van der Waals surface area contributed by atoms with E-state index in [-0.39, 0.29) is 22.5 Å². The smallest absolute Gasteiger partial charge is 0.368 e. The molecule has 0 atom stereocenters. The molecule has 8 heteroatoms. The Morgan fingerprint density at radius 2 is 1.35 bits per heavy atom. The fourth-order valence-electron chi connectivity index (χ4n) is 4.14. The number of piperazine rings is 1. The van der Waals surface area contributed by atoms with Crippen molar-refractivity contribution in [1.29, 1.82) is 0 Å². The molecule has 0 bridgehead atoms. The molecule has 1 aliphatic rings. The van der Waals surface area contributed by atoms with Crippen molar-refractivity contribution in [3.8, 4) is 0 Å². The van der Waals surface area contributed by atoms with E-state index in [4.69, 9.17) is 0 Å². The summed E-state index contributed by atoms with van der Waals surface area (Å²) in [6.07, 6.45) is -4.49. The van der Waals surface area contributed by atoms with Gasteiger partial charge >= 0.3 is 6.18 Å². The SMILES string of the molecule is O=C(c1ccccc1)c1nc2ccc(C(F)(F)F)cc2nc1N1CCN(c2ccccc2)CC1. The zero-order valence-corrected chi connectivity index (χ0v) is 18.2. The molecule has 34 heavy (non-hydrogen) atoms. The molecule has 5 nitrogen and oxygen atoms in total. The summed E-state index contributed by atoms with van der Waals surface area (Å²) in [6.45, 7) is 2.49. The van der Waals surface area contributed by atoms with Crippen molar-refractivity contribution in [3.05, 3.63) is 95.7 Å². The fourth-order valence-corrected chi connectivity index (χ4v) is 4.14. The number of hydrogen-bond donors (Lipinski definition) is 0. The van der Waals surface area contributed by atoms with Crippen molar-refractivity contribution in [2.24, 2.45) is 0 Å². The van der Waals surface area contributed by atoms with Crippen LogP contribution in [0.5, 0.6) is 0 Å². The van der Waals surface area contributed by atoms with Gasteiger partial charge in [-0.05, 0) is 30.3 Å². The van der Waals surface area contributed by atoms with Gasteiger partial charge in [0.05, 0.1) is 16.6 Å². The Bertz CT molecular complexity index is 1320. The first kappa shape index (κ1) is 21.9. The quantitative estimate of drug-likeness (QED) is 0.390. The van der Waals surface area contributed by atoms with Crippen molar-refractivity contribution < 1.29 is 18.0 Å². The number of nitrogens with zero attached hydrogens (tertiary/aromatic N) is 4. The number of hydrogen-bond acceptors (Lipinski definition) is 5. The third-order valence-corrected chi connectivity index (χ3v) is 5.92. The molecular weight excluding hydrogens is 441 g/mol. The van der Waals surface area contributed by atoms with Crippen LogP contribution in [0.1, 0.15) is 21.6 Å². The van der Waals surface area contributed by atoms with Crippen LogP contribution in [-0.2, 0) is 6.18 Å². The summed E-state index contributed by atoms with van der Waals surface area (Å²) in [7, 11) is 0. The molecule has 0 N–H and O–H groups in total. The Morgan fingerprint density at radius 1 is 0.735 bits per heavy atom. The second kappa shape index (κ2) is 8.78. The van der Waals surface area contributed by atoms with Crippen molar-refractivity contribution in [2.75, 3.05) is 36.0 Å². The van der Waals surface area contributed by atoms with Crippen LogP contribution in [0.25, 0.3) is 11.0 Å². The highest BCUT2D eigenvalue weighted by molar-refractivity contribution is 6.11. The highest BCUT2D eigenvalue weighted by Gasteiger charge is 2.31. The lowest BCUT2D eigenvalue weighted by atomic mass is 10.1. The van der Waals surface area contributed by atoms with Crippen LogP contribution in [0.4, 0.5) is 24.7 Å². The fraction of sp³-hybridized carbons (Fsp3) is 0.192. The lowest BCUT2D eigenvalue weighted by Gasteiger charge is -2.37. The molecule has 0 radical (unpaired) electrons. The molecule has 1 saturated heterocycles. The van der Waals surface area contributed by atoms with Crippen LogP contribution in [0.2, 0.25) is 0 Å². The van der Waals surface area contributed by atoms with Crippen molar-refractivity contribution in [3.63, 3.8) is 0 Å². The molecule has 1 aliphatic heterocycles. The summed E-state index contributed by atoms with van der Waals surface area (Å²) in [5, 5.41) is 0. The second-order valence-electron chi connectivity index (χ2n) is 8.10. The van der Waals surface area contributed by atoms with Gasteiger partial charge in [-0.25, -0.2) is 9.97 Å². The maximum absolute atomic E-state index is 13.3. The number of carbonyl (C=O) groups is 1. The third kappa shape index (κ3) is 4.31. The Balaban J connectivity index is 1.54. The minimum Gasteiger partial charge on any atom is -0.368 e. The van der Waals surface area contributed by atoms with E-state index in [1.165, 1.54) is 6.07 Å². The van der Waals surface area contributed by atoms with Gasteiger partial charge in [-0.2, -0.15) is 13.2 Å². The van der Waals surface area contributed by atoms with Crippen LogP contribution in [0.15, 0.2) is 78.9 Å². The number of aromatic nitrogens is 2. The standard InChI is InChI=1S/C26H21F3N4O/c27-26(28,29)19-11-12-21-22(17-19)31-25(23(30-21)24(34)18-7-3-1-4-8-18)33-15-13-32(14-16-33)20-9-5-2-6-10-20/h1-12,17H,13-16H2. The normalized spacial score (nSPS) is 14.4. The zero-order valence-electron chi connectivity index (χ0n) is 18.2. The molecule has 1 aromatic heterocycles. The van der Waals surface area contributed by atoms with E-state index in [9.17, 15) is 18.0 Å². The average molecular weight is 462 g/mol. The summed E-state index contributed by atoms with van der Waals surface area (Å²) in [5.74, 6) is 0.00350. The predicted molar refractivity (Wildman–Crippen MR) is 125 cm³/mol. The Kier molecular flexibility index (Phi) is 5.65. The van der Waals surface area contributed by atoms with E-state index in [1.54, 1.807) is 24.3 Å². The number of anilines is 2. The Morgan fingerprint density at radius 3 is 2.00 bits per heavy atom. The lowest BCUT2D eigenvalue weighted by Crippen LogP contribution is -2.47. The third-order valence-electron chi connectivity index (χ3n) is 5.92. The van der Waals surface area contributed by atoms with E-state index in [0.29, 0.717) is 37.6 Å². The first-order chi connectivity index (χ1) is 16.4. The number of rotatable bonds is 4. The van der Waals surface area contributed by atoms with E-state index in [1.807, 2.05) is 41.3 Å². The predicted octanol–water partition coefficient (Wildman–Crippen LogP) is 5.21. The first-order valence-corrected chi connectivity index (χ1v) is 10.9. The molecule has 5 rings (SSSR count). The minimum absolute atomic E-state index is 0.111. The van der Waals surface area contributed by atoms with Crippen molar-refractivity contribution >= 4 is 28.3 Å². The van der Waals surface area contributed by atoms with Gasteiger partial charge in [0.1, 0.15) is 0 Å².